The molecule has 0 bridgehead atoms. The van der Waals surface area contributed by atoms with Gasteiger partial charge in [0.2, 0.25) is 0 Å². The van der Waals surface area contributed by atoms with Gasteiger partial charge in [-0.2, -0.15) is 0 Å². The number of carbonyl (C=O) groups is 1. The Bertz CT molecular complexity index is 372. The quantitative estimate of drug-likeness (QED) is 0.829. The predicted octanol–water partition coefficient (Wildman–Crippen LogP) is 2.34. The average molecular weight is 218 g/mol. The van der Waals surface area contributed by atoms with E-state index >= 15 is 0 Å². The molecule has 86 valence electrons. The zero-order chi connectivity index (χ0) is 11.5. The van der Waals surface area contributed by atoms with Crippen molar-refractivity contribution in [1.29, 1.82) is 0 Å². The second-order valence-corrected chi connectivity index (χ2v) is 4.37. The Morgan fingerprint density at radius 1 is 1.38 bits per heavy atom. The van der Waals surface area contributed by atoms with Crippen LogP contribution in [0.2, 0.25) is 0 Å². The van der Waals surface area contributed by atoms with Crippen LogP contribution in [0.5, 0.6) is 0 Å². The summed E-state index contributed by atoms with van der Waals surface area (Å²) in [6.45, 7) is 2.94. The standard InChI is InChI=1S/C13H18N2O/c1-3-4-10-5-7-11(8-6-10)12-9-15(2)13(16)14-12/h5-8,12H,3-4,9H2,1-2H3,(H,14,16). The smallest absolute Gasteiger partial charge is 0.317 e. The Kier molecular flexibility index (Phi) is 3.13. The summed E-state index contributed by atoms with van der Waals surface area (Å²) in [6, 6.07) is 8.72. The van der Waals surface area contributed by atoms with Gasteiger partial charge in [0.1, 0.15) is 0 Å². The van der Waals surface area contributed by atoms with E-state index in [4.69, 9.17) is 0 Å². The molecule has 3 nitrogen and oxygen atoms in total. The first-order chi connectivity index (χ1) is 7.70. The number of carbonyl (C=O) groups excluding carboxylic acids is 1. The van der Waals surface area contributed by atoms with Crippen molar-refractivity contribution in [2.45, 2.75) is 25.8 Å². The number of urea groups is 1. The third kappa shape index (κ3) is 2.18. The molecule has 0 radical (unpaired) electrons. The Hall–Kier alpha value is -1.51. The molecule has 1 N–H and O–H groups in total. The molecule has 1 aromatic carbocycles. The van der Waals surface area contributed by atoms with E-state index in [1.54, 1.807) is 4.90 Å². The maximum atomic E-state index is 11.3. The molecule has 1 heterocycles. The molecule has 0 spiro atoms. The number of benzene rings is 1. The number of hydrogen-bond donors (Lipinski definition) is 1. The fraction of sp³-hybridized carbons (Fsp3) is 0.462. The summed E-state index contributed by atoms with van der Waals surface area (Å²) in [5.41, 5.74) is 2.56. The number of aryl methyl sites for hydroxylation is 1. The lowest BCUT2D eigenvalue weighted by Gasteiger charge is -2.10. The molecule has 1 fully saturated rings. The van der Waals surface area contributed by atoms with Crippen molar-refractivity contribution in [2.24, 2.45) is 0 Å². The van der Waals surface area contributed by atoms with E-state index in [0.717, 1.165) is 13.0 Å². The normalized spacial score (nSPS) is 20.0. The van der Waals surface area contributed by atoms with Crippen LogP contribution in [0.15, 0.2) is 24.3 Å². The van der Waals surface area contributed by atoms with Gasteiger partial charge in [0.15, 0.2) is 0 Å². The highest BCUT2D eigenvalue weighted by Gasteiger charge is 2.26. The van der Waals surface area contributed by atoms with E-state index in [1.165, 1.54) is 17.5 Å². The summed E-state index contributed by atoms with van der Waals surface area (Å²) < 4.78 is 0. The fourth-order valence-electron chi connectivity index (χ4n) is 2.06. The maximum Gasteiger partial charge on any atom is 0.317 e. The number of nitrogens with zero attached hydrogens (tertiary/aromatic N) is 1. The number of rotatable bonds is 3. The molecule has 3 heteroatoms. The van der Waals surface area contributed by atoms with Gasteiger partial charge in [-0.15, -0.1) is 0 Å². The lowest BCUT2D eigenvalue weighted by molar-refractivity contribution is 0.226. The Morgan fingerprint density at radius 2 is 2.06 bits per heavy atom. The molecule has 0 aliphatic carbocycles. The van der Waals surface area contributed by atoms with Crippen molar-refractivity contribution in [3.8, 4) is 0 Å². The minimum Gasteiger partial charge on any atom is -0.329 e. The summed E-state index contributed by atoms with van der Waals surface area (Å²) in [5, 5.41) is 2.96. The average Bonchev–Trinajstić information content (AvgIpc) is 2.61. The van der Waals surface area contributed by atoms with Crippen LogP contribution >= 0.6 is 0 Å². The van der Waals surface area contributed by atoms with Gasteiger partial charge in [0, 0.05) is 13.6 Å². The van der Waals surface area contributed by atoms with E-state index < -0.39 is 0 Å². The lowest BCUT2D eigenvalue weighted by Crippen LogP contribution is -2.23. The molecule has 1 aliphatic rings. The van der Waals surface area contributed by atoms with Gasteiger partial charge in [-0.25, -0.2) is 4.79 Å². The van der Waals surface area contributed by atoms with Gasteiger partial charge in [0.25, 0.3) is 0 Å². The van der Waals surface area contributed by atoms with Crippen molar-refractivity contribution in [3.05, 3.63) is 35.4 Å². The monoisotopic (exact) mass is 218 g/mol. The molecular weight excluding hydrogens is 200 g/mol. The van der Waals surface area contributed by atoms with Crippen molar-refractivity contribution in [1.82, 2.24) is 10.2 Å². The Morgan fingerprint density at radius 3 is 2.56 bits per heavy atom. The molecule has 0 saturated carbocycles. The first-order valence-electron chi connectivity index (χ1n) is 5.81. The largest absolute Gasteiger partial charge is 0.329 e. The number of nitrogens with one attached hydrogen (secondary N) is 1. The van der Waals surface area contributed by atoms with Crippen molar-refractivity contribution in [3.63, 3.8) is 0 Å². The highest BCUT2D eigenvalue weighted by molar-refractivity contribution is 5.76. The molecule has 1 unspecified atom stereocenters. The van der Waals surface area contributed by atoms with Crippen molar-refractivity contribution >= 4 is 6.03 Å². The molecule has 1 aromatic rings. The Balaban J connectivity index is 2.08. The minimum atomic E-state index is 0.0163. The van der Waals surface area contributed by atoms with Crippen LogP contribution in [0, 0.1) is 0 Å². The third-order valence-electron chi connectivity index (χ3n) is 3.02. The minimum absolute atomic E-state index is 0.0163. The molecule has 2 amide bonds. The highest BCUT2D eigenvalue weighted by atomic mass is 16.2. The molecule has 16 heavy (non-hydrogen) atoms. The third-order valence-corrected chi connectivity index (χ3v) is 3.02. The topological polar surface area (TPSA) is 32.3 Å². The van der Waals surface area contributed by atoms with Gasteiger partial charge in [0.05, 0.1) is 6.04 Å². The van der Waals surface area contributed by atoms with Crippen molar-refractivity contribution < 1.29 is 4.79 Å². The molecule has 2 rings (SSSR count). The van der Waals surface area contributed by atoms with Gasteiger partial charge in [-0.3, -0.25) is 0 Å². The molecule has 1 aliphatic heterocycles. The second kappa shape index (κ2) is 4.56. The highest BCUT2D eigenvalue weighted by Crippen LogP contribution is 2.19. The van der Waals surface area contributed by atoms with Crippen LogP contribution in [0.1, 0.15) is 30.5 Å². The molecule has 0 aromatic heterocycles. The van der Waals surface area contributed by atoms with Crippen LogP contribution in [-0.2, 0) is 6.42 Å². The van der Waals surface area contributed by atoms with Crippen LogP contribution < -0.4 is 5.32 Å². The summed E-state index contributed by atoms with van der Waals surface area (Å²) in [5.74, 6) is 0. The molecule has 1 saturated heterocycles. The van der Waals surface area contributed by atoms with Crippen molar-refractivity contribution in [2.75, 3.05) is 13.6 Å². The number of amides is 2. The zero-order valence-electron chi connectivity index (χ0n) is 9.86. The maximum absolute atomic E-state index is 11.3. The number of hydrogen-bond acceptors (Lipinski definition) is 1. The summed E-state index contributed by atoms with van der Waals surface area (Å²) in [6.07, 6.45) is 2.29. The van der Waals surface area contributed by atoms with Crippen LogP contribution in [-0.4, -0.2) is 24.5 Å². The summed E-state index contributed by atoms with van der Waals surface area (Å²) in [4.78, 5) is 13.1. The SMILES string of the molecule is CCCc1ccc(C2CN(C)C(=O)N2)cc1. The first-order valence-corrected chi connectivity index (χ1v) is 5.81. The predicted molar refractivity (Wildman–Crippen MR) is 64.3 cm³/mol. The van der Waals surface area contributed by atoms with Gasteiger partial charge >= 0.3 is 6.03 Å². The lowest BCUT2D eigenvalue weighted by atomic mass is 10.0. The molecule has 1 atom stereocenters. The van der Waals surface area contributed by atoms with E-state index in [0.29, 0.717) is 0 Å². The van der Waals surface area contributed by atoms with Gasteiger partial charge < -0.3 is 10.2 Å². The van der Waals surface area contributed by atoms with Gasteiger partial charge in [-0.05, 0) is 17.5 Å². The van der Waals surface area contributed by atoms with E-state index in [1.807, 2.05) is 7.05 Å². The Labute approximate surface area is 96.5 Å². The second-order valence-electron chi connectivity index (χ2n) is 4.37. The zero-order valence-corrected chi connectivity index (χ0v) is 9.86. The fourth-order valence-corrected chi connectivity index (χ4v) is 2.06. The van der Waals surface area contributed by atoms with E-state index in [-0.39, 0.29) is 12.1 Å². The van der Waals surface area contributed by atoms with Crippen LogP contribution in [0.25, 0.3) is 0 Å². The van der Waals surface area contributed by atoms with Crippen LogP contribution in [0.4, 0.5) is 4.79 Å². The first kappa shape index (κ1) is 11.0. The number of likely N-dealkylation sites (N-methyl/N-ethyl adjacent to an activating group) is 1. The van der Waals surface area contributed by atoms with E-state index in [9.17, 15) is 4.79 Å². The molecular formula is C13H18N2O. The summed E-state index contributed by atoms with van der Waals surface area (Å²) >= 11 is 0. The van der Waals surface area contributed by atoms with Crippen LogP contribution in [0.3, 0.4) is 0 Å². The summed E-state index contributed by atoms with van der Waals surface area (Å²) in [7, 11) is 1.82. The van der Waals surface area contributed by atoms with Gasteiger partial charge in [-0.1, -0.05) is 37.6 Å². The van der Waals surface area contributed by atoms with E-state index in [2.05, 4.69) is 36.5 Å².